The fourth-order valence-corrected chi connectivity index (χ4v) is 4.13. The molecule has 0 aliphatic heterocycles. The molecule has 0 aromatic heterocycles. The van der Waals surface area contributed by atoms with Crippen molar-refractivity contribution < 1.29 is 23.2 Å². The first-order chi connectivity index (χ1) is 12.1. The van der Waals surface area contributed by atoms with Crippen LogP contribution >= 0.6 is 0 Å². The summed E-state index contributed by atoms with van der Waals surface area (Å²) in [4.78, 5) is 21.7. The number of sulfonamides is 1. The monoisotopic (exact) mass is 378 g/mol. The summed E-state index contributed by atoms with van der Waals surface area (Å²) in [5, 5.41) is 20.3. The molecular weight excluding hydrogens is 360 g/mol. The van der Waals surface area contributed by atoms with Crippen molar-refractivity contribution >= 4 is 21.7 Å². The average molecular weight is 378 g/mol. The van der Waals surface area contributed by atoms with Gasteiger partial charge < -0.3 is 5.11 Å². The first kappa shape index (κ1) is 19.5. The molecule has 0 radical (unpaired) electrons. The number of nitrogens with one attached hydrogen (secondary N) is 1. The van der Waals surface area contributed by atoms with Crippen LogP contribution in [0.2, 0.25) is 0 Å². The van der Waals surface area contributed by atoms with E-state index in [1.165, 1.54) is 30.3 Å². The maximum Gasteiger partial charge on any atom is 0.305 e. The fourth-order valence-electron chi connectivity index (χ4n) is 2.69. The highest BCUT2D eigenvalue weighted by molar-refractivity contribution is 7.89. The third kappa shape index (κ3) is 4.44. The Labute approximate surface area is 150 Å². The number of aliphatic carboxylic acids is 1. The van der Waals surface area contributed by atoms with Gasteiger partial charge in [0.25, 0.3) is 5.69 Å². The summed E-state index contributed by atoms with van der Waals surface area (Å²) in [5.74, 6) is -1.28. The Kier molecular flexibility index (Phi) is 5.73. The number of aryl methyl sites for hydroxylation is 2. The molecule has 0 heterocycles. The summed E-state index contributed by atoms with van der Waals surface area (Å²) in [7, 11) is -4.08. The standard InChI is InChI=1S/C17H18N2O6S/c1-11-7-8-16(12(2)9-11)26(24,25)18-14(10-17(20)21)13-5-3-4-6-15(13)19(22)23/h3-9,14,18H,10H2,1-2H3,(H,20,21)/t14-/m1/s1. The number of nitro groups is 1. The van der Waals surface area contributed by atoms with Crippen molar-refractivity contribution in [1.82, 2.24) is 4.72 Å². The molecule has 2 aromatic carbocycles. The number of carboxylic acid groups (broad SMARTS) is 1. The third-order valence-electron chi connectivity index (χ3n) is 3.80. The number of hydrogen-bond acceptors (Lipinski definition) is 5. The van der Waals surface area contributed by atoms with Crippen LogP contribution < -0.4 is 4.72 Å². The normalized spacial score (nSPS) is 12.5. The summed E-state index contributed by atoms with van der Waals surface area (Å²) in [6.07, 6.45) is -0.630. The highest BCUT2D eigenvalue weighted by Crippen LogP contribution is 2.29. The molecule has 0 amide bonds. The van der Waals surface area contributed by atoms with Crippen LogP contribution in [0.15, 0.2) is 47.4 Å². The molecule has 0 bridgehead atoms. The molecule has 2 aromatic rings. The Morgan fingerprint density at radius 3 is 2.46 bits per heavy atom. The van der Waals surface area contributed by atoms with E-state index in [4.69, 9.17) is 5.11 Å². The van der Waals surface area contributed by atoms with Gasteiger partial charge in [-0.3, -0.25) is 14.9 Å². The van der Waals surface area contributed by atoms with Crippen LogP contribution in [0.25, 0.3) is 0 Å². The Morgan fingerprint density at radius 1 is 1.23 bits per heavy atom. The number of para-hydroxylation sites is 1. The van der Waals surface area contributed by atoms with E-state index in [-0.39, 0.29) is 16.1 Å². The molecular formula is C17H18N2O6S. The highest BCUT2D eigenvalue weighted by Gasteiger charge is 2.29. The van der Waals surface area contributed by atoms with Gasteiger partial charge in [-0.15, -0.1) is 0 Å². The number of nitro benzene ring substituents is 1. The number of carbonyl (C=O) groups is 1. The molecule has 0 fully saturated rings. The minimum absolute atomic E-state index is 0.00271. The SMILES string of the molecule is Cc1ccc(S(=O)(=O)N[C@H](CC(=O)O)c2ccccc2[N+](=O)[O-])c(C)c1. The zero-order chi connectivity index (χ0) is 19.5. The topological polar surface area (TPSA) is 127 Å². The summed E-state index contributed by atoms with van der Waals surface area (Å²) >= 11 is 0. The minimum atomic E-state index is -4.08. The number of nitrogens with zero attached hydrogens (tertiary/aromatic N) is 1. The zero-order valence-electron chi connectivity index (χ0n) is 14.2. The lowest BCUT2D eigenvalue weighted by molar-refractivity contribution is -0.385. The lowest BCUT2D eigenvalue weighted by Crippen LogP contribution is -2.31. The molecule has 138 valence electrons. The second-order valence-electron chi connectivity index (χ2n) is 5.86. The first-order valence-electron chi connectivity index (χ1n) is 7.66. The molecule has 26 heavy (non-hydrogen) atoms. The quantitative estimate of drug-likeness (QED) is 0.563. The van der Waals surface area contributed by atoms with Crippen LogP contribution in [0.5, 0.6) is 0 Å². The lowest BCUT2D eigenvalue weighted by Gasteiger charge is -2.18. The Hall–Kier alpha value is -2.78. The van der Waals surface area contributed by atoms with Crippen molar-refractivity contribution in [1.29, 1.82) is 0 Å². The van der Waals surface area contributed by atoms with Gasteiger partial charge >= 0.3 is 5.97 Å². The van der Waals surface area contributed by atoms with Gasteiger partial charge in [0.1, 0.15) is 0 Å². The largest absolute Gasteiger partial charge is 0.481 e. The summed E-state index contributed by atoms with van der Waals surface area (Å²) in [6.45, 7) is 3.44. The van der Waals surface area contributed by atoms with Gasteiger partial charge in [-0.1, -0.05) is 35.9 Å². The predicted molar refractivity (Wildman–Crippen MR) is 94.3 cm³/mol. The molecule has 2 rings (SSSR count). The van der Waals surface area contributed by atoms with Crippen LogP contribution in [0.1, 0.15) is 29.2 Å². The highest BCUT2D eigenvalue weighted by atomic mass is 32.2. The second-order valence-corrected chi connectivity index (χ2v) is 7.54. The van der Waals surface area contributed by atoms with Crippen LogP contribution in [0, 0.1) is 24.0 Å². The molecule has 0 saturated carbocycles. The molecule has 2 N–H and O–H groups in total. The van der Waals surface area contributed by atoms with Gasteiger partial charge in [0.05, 0.1) is 22.3 Å². The van der Waals surface area contributed by atoms with Crippen LogP contribution in [0.3, 0.4) is 0 Å². The Morgan fingerprint density at radius 2 is 1.88 bits per heavy atom. The zero-order valence-corrected chi connectivity index (χ0v) is 15.0. The molecule has 9 heteroatoms. The molecule has 1 atom stereocenters. The smallest absolute Gasteiger partial charge is 0.305 e. The minimum Gasteiger partial charge on any atom is -0.481 e. The Balaban J connectivity index is 2.49. The second kappa shape index (κ2) is 7.63. The molecule has 0 aliphatic rings. The van der Waals surface area contributed by atoms with Crippen LogP contribution in [0.4, 0.5) is 5.69 Å². The van der Waals surface area contributed by atoms with Crippen LogP contribution in [-0.2, 0) is 14.8 Å². The molecule has 0 unspecified atom stereocenters. The van der Waals surface area contributed by atoms with Gasteiger partial charge in [0.15, 0.2) is 0 Å². The van der Waals surface area contributed by atoms with Gasteiger partial charge in [-0.25, -0.2) is 13.1 Å². The number of hydrogen-bond donors (Lipinski definition) is 2. The maximum atomic E-state index is 12.7. The number of benzene rings is 2. The van der Waals surface area contributed by atoms with Crippen molar-refractivity contribution in [2.75, 3.05) is 0 Å². The van der Waals surface area contributed by atoms with Gasteiger partial charge in [0, 0.05) is 11.6 Å². The molecule has 0 spiro atoms. The maximum absolute atomic E-state index is 12.7. The van der Waals surface area contributed by atoms with Crippen molar-refractivity contribution in [2.45, 2.75) is 31.2 Å². The van der Waals surface area contributed by atoms with Gasteiger partial charge in [0.2, 0.25) is 10.0 Å². The van der Waals surface area contributed by atoms with E-state index in [0.717, 1.165) is 5.56 Å². The summed E-state index contributed by atoms with van der Waals surface area (Å²) in [5.41, 5.74) is 1.02. The number of carboxylic acids is 1. The van der Waals surface area contributed by atoms with Crippen LogP contribution in [-0.4, -0.2) is 24.4 Å². The lowest BCUT2D eigenvalue weighted by atomic mass is 10.0. The number of rotatable bonds is 7. The van der Waals surface area contributed by atoms with E-state index in [1.807, 2.05) is 6.92 Å². The Bertz CT molecular complexity index is 955. The van der Waals surface area contributed by atoms with Crippen molar-refractivity contribution in [3.63, 3.8) is 0 Å². The van der Waals surface area contributed by atoms with Gasteiger partial charge in [-0.2, -0.15) is 0 Å². The van der Waals surface area contributed by atoms with E-state index in [9.17, 15) is 23.3 Å². The predicted octanol–water partition coefficient (Wildman–Crippen LogP) is 2.71. The molecule has 8 nitrogen and oxygen atoms in total. The summed E-state index contributed by atoms with van der Waals surface area (Å²) < 4.78 is 27.8. The van der Waals surface area contributed by atoms with E-state index in [1.54, 1.807) is 19.1 Å². The fraction of sp³-hybridized carbons (Fsp3) is 0.235. The van der Waals surface area contributed by atoms with Crippen molar-refractivity contribution in [3.05, 3.63) is 69.3 Å². The third-order valence-corrected chi connectivity index (χ3v) is 5.44. The average Bonchev–Trinajstić information content (AvgIpc) is 2.53. The summed E-state index contributed by atoms with van der Waals surface area (Å²) in [6, 6.07) is 8.92. The molecule has 0 aliphatic carbocycles. The van der Waals surface area contributed by atoms with E-state index in [0.29, 0.717) is 5.56 Å². The van der Waals surface area contributed by atoms with E-state index < -0.39 is 33.4 Å². The first-order valence-corrected chi connectivity index (χ1v) is 9.15. The van der Waals surface area contributed by atoms with Crippen molar-refractivity contribution in [3.8, 4) is 0 Å². The van der Waals surface area contributed by atoms with E-state index >= 15 is 0 Å². The van der Waals surface area contributed by atoms with E-state index in [2.05, 4.69) is 4.72 Å². The molecule has 0 saturated heterocycles. The van der Waals surface area contributed by atoms with Crippen molar-refractivity contribution in [2.24, 2.45) is 0 Å². The van der Waals surface area contributed by atoms with Gasteiger partial charge in [-0.05, 0) is 25.5 Å².